The molecule has 5 nitrogen and oxygen atoms in total. The summed E-state index contributed by atoms with van der Waals surface area (Å²) in [4.78, 5) is 1.57. The quantitative estimate of drug-likeness (QED) is 0.571. The van der Waals surface area contributed by atoms with Crippen LogP contribution < -0.4 is 5.73 Å². The maximum atomic E-state index is 9.98. The van der Waals surface area contributed by atoms with Crippen molar-refractivity contribution in [3.05, 3.63) is 29.8 Å². The van der Waals surface area contributed by atoms with E-state index in [1.54, 1.807) is 29.2 Å². The van der Waals surface area contributed by atoms with Crippen molar-refractivity contribution < 1.29 is 5.11 Å². The van der Waals surface area contributed by atoms with Gasteiger partial charge in [0.1, 0.15) is 0 Å². The number of rotatable bonds is 5. The number of anilines is 1. The summed E-state index contributed by atoms with van der Waals surface area (Å²) in [6, 6.07) is 10.9. The van der Waals surface area contributed by atoms with E-state index in [-0.39, 0.29) is 19.6 Å². The van der Waals surface area contributed by atoms with E-state index >= 15 is 0 Å². The van der Waals surface area contributed by atoms with Crippen molar-refractivity contribution in [2.24, 2.45) is 0 Å². The minimum atomic E-state index is -0.794. The summed E-state index contributed by atoms with van der Waals surface area (Å²) in [7, 11) is 0. The van der Waals surface area contributed by atoms with E-state index in [1.165, 1.54) is 0 Å². The number of para-hydroxylation sites is 1. The van der Waals surface area contributed by atoms with Gasteiger partial charge in [0.15, 0.2) is 0 Å². The van der Waals surface area contributed by atoms with Crippen LogP contribution in [0.25, 0.3) is 0 Å². The third kappa shape index (κ3) is 3.76. The Morgan fingerprint density at radius 1 is 1.24 bits per heavy atom. The zero-order chi connectivity index (χ0) is 12.7. The van der Waals surface area contributed by atoms with Crippen LogP contribution in [0.4, 0.5) is 5.69 Å². The van der Waals surface area contributed by atoms with E-state index < -0.39 is 6.10 Å². The molecule has 0 aliphatic heterocycles. The second-order valence-corrected chi connectivity index (χ2v) is 3.63. The van der Waals surface area contributed by atoms with Crippen molar-refractivity contribution in [2.75, 3.05) is 25.4 Å². The lowest BCUT2D eigenvalue weighted by Gasteiger charge is -2.20. The average Bonchev–Trinajstić information content (AvgIpc) is 2.30. The van der Waals surface area contributed by atoms with Crippen molar-refractivity contribution in [2.45, 2.75) is 6.10 Å². The first-order valence-electron chi connectivity index (χ1n) is 5.17. The molecule has 17 heavy (non-hydrogen) atoms. The lowest BCUT2D eigenvalue weighted by atomic mass is 10.1. The molecule has 0 fully saturated rings. The Balaban J connectivity index is 2.71. The summed E-state index contributed by atoms with van der Waals surface area (Å²) < 4.78 is 0. The Morgan fingerprint density at radius 2 is 1.82 bits per heavy atom. The van der Waals surface area contributed by atoms with Crippen LogP contribution in [0.2, 0.25) is 0 Å². The van der Waals surface area contributed by atoms with Gasteiger partial charge in [-0.3, -0.25) is 4.90 Å². The van der Waals surface area contributed by atoms with Gasteiger partial charge >= 0.3 is 0 Å². The van der Waals surface area contributed by atoms with E-state index in [0.717, 1.165) is 0 Å². The topological polar surface area (TPSA) is 97.1 Å². The molecule has 0 spiro atoms. The highest BCUT2D eigenvalue weighted by Crippen LogP contribution is 2.20. The predicted molar refractivity (Wildman–Crippen MR) is 63.5 cm³/mol. The van der Waals surface area contributed by atoms with Crippen molar-refractivity contribution in [3.8, 4) is 12.1 Å². The summed E-state index contributed by atoms with van der Waals surface area (Å²) in [5.41, 5.74) is 6.86. The minimum Gasteiger partial charge on any atom is -0.398 e. The number of nitrogens with zero attached hydrogens (tertiary/aromatic N) is 3. The van der Waals surface area contributed by atoms with Crippen LogP contribution in [0.15, 0.2) is 24.3 Å². The lowest BCUT2D eigenvalue weighted by Crippen LogP contribution is -2.29. The molecule has 0 aromatic heterocycles. The molecule has 0 saturated heterocycles. The molecule has 1 aromatic carbocycles. The van der Waals surface area contributed by atoms with Crippen LogP contribution in [0.3, 0.4) is 0 Å². The average molecular weight is 230 g/mol. The fourth-order valence-electron chi connectivity index (χ4n) is 1.54. The van der Waals surface area contributed by atoms with Crippen molar-refractivity contribution in [1.29, 1.82) is 10.5 Å². The van der Waals surface area contributed by atoms with Crippen molar-refractivity contribution in [3.63, 3.8) is 0 Å². The van der Waals surface area contributed by atoms with Gasteiger partial charge in [0.2, 0.25) is 0 Å². The fourth-order valence-corrected chi connectivity index (χ4v) is 1.54. The maximum absolute atomic E-state index is 9.98. The highest BCUT2D eigenvalue weighted by Gasteiger charge is 2.14. The number of hydrogen-bond donors (Lipinski definition) is 2. The second kappa shape index (κ2) is 6.49. The smallest absolute Gasteiger partial charge is 0.0937 e. The Kier molecular flexibility index (Phi) is 4.96. The van der Waals surface area contributed by atoms with Gasteiger partial charge in [0, 0.05) is 17.8 Å². The van der Waals surface area contributed by atoms with Gasteiger partial charge in [-0.25, -0.2) is 0 Å². The summed E-state index contributed by atoms with van der Waals surface area (Å²) in [6.07, 6.45) is -0.794. The van der Waals surface area contributed by atoms with E-state index in [4.69, 9.17) is 16.3 Å². The number of aliphatic hydroxyl groups excluding tert-OH is 1. The van der Waals surface area contributed by atoms with Gasteiger partial charge in [-0.05, 0) is 6.07 Å². The van der Waals surface area contributed by atoms with E-state index in [2.05, 4.69) is 0 Å². The zero-order valence-corrected chi connectivity index (χ0v) is 9.37. The SMILES string of the molecule is N#CCN(CC#N)CC(O)c1ccccc1N. The van der Waals surface area contributed by atoms with Crippen molar-refractivity contribution >= 4 is 5.69 Å². The summed E-state index contributed by atoms with van der Waals surface area (Å²) in [5, 5.41) is 27.2. The second-order valence-electron chi connectivity index (χ2n) is 3.63. The Labute approximate surface area is 100 Å². The van der Waals surface area contributed by atoms with Gasteiger partial charge < -0.3 is 10.8 Å². The van der Waals surface area contributed by atoms with Crippen LogP contribution in [0, 0.1) is 22.7 Å². The highest BCUT2D eigenvalue weighted by atomic mass is 16.3. The van der Waals surface area contributed by atoms with Gasteiger partial charge in [-0.2, -0.15) is 10.5 Å². The van der Waals surface area contributed by atoms with E-state index in [1.807, 2.05) is 12.1 Å². The molecule has 88 valence electrons. The van der Waals surface area contributed by atoms with Gasteiger partial charge in [0.25, 0.3) is 0 Å². The minimum absolute atomic E-state index is 0.108. The van der Waals surface area contributed by atoms with Crippen LogP contribution in [-0.4, -0.2) is 29.6 Å². The number of nitrogen functional groups attached to an aromatic ring is 1. The molecule has 0 amide bonds. The molecule has 0 bridgehead atoms. The molecule has 0 saturated carbocycles. The van der Waals surface area contributed by atoms with Crippen LogP contribution in [0.1, 0.15) is 11.7 Å². The molecular weight excluding hydrogens is 216 g/mol. The number of hydrogen-bond acceptors (Lipinski definition) is 5. The Bertz CT molecular complexity index is 431. The number of benzene rings is 1. The highest BCUT2D eigenvalue weighted by molar-refractivity contribution is 5.47. The first kappa shape index (κ1) is 13.0. The first-order valence-corrected chi connectivity index (χ1v) is 5.17. The molecule has 5 heteroatoms. The molecule has 3 N–H and O–H groups in total. The number of aliphatic hydroxyl groups is 1. The molecule has 0 aliphatic rings. The Hall–Kier alpha value is -2.08. The van der Waals surface area contributed by atoms with Gasteiger partial charge in [0.05, 0.1) is 31.3 Å². The summed E-state index contributed by atoms with van der Waals surface area (Å²) >= 11 is 0. The van der Waals surface area contributed by atoms with Crippen molar-refractivity contribution in [1.82, 2.24) is 4.90 Å². The largest absolute Gasteiger partial charge is 0.398 e. The maximum Gasteiger partial charge on any atom is 0.0937 e. The molecular formula is C12H14N4O. The molecule has 0 aliphatic carbocycles. The number of nitrogens with two attached hydrogens (primary N) is 1. The van der Waals surface area contributed by atoms with E-state index in [0.29, 0.717) is 11.3 Å². The fraction of sp³-hybridized carbons (Fsp3) is 0.333. The van der Waals surface area contributed by atoms with E-state index in [9.17, 15) is 5.11 Å². The molecule has 1 unspecified atom stereocenters. The first-order chi connectivity index (χ1) is 8.19. The molecule has 1 rings (SSSR count). The van der Waals surface area contributed by atoms with Crippen LogP contribution in [0.5, 0.6) is 0 Å². The molecule has 1 aromatic rings. The zero-order valence-electron chi connectivity index (χ0n) is 9.37. The molecule has 1 atom stereocenters. The monoisotopic (exact) mass is 230 g/mol. The predicted octanol–water partition coefficient (Wildman–Crippen LogP) is 0.651. The molecule has 0 heterocycles. The lowest BCUT2D eigenvalue weighted by molar-refractivity contribution is 0.127. The standard InChI is InChI=1S/C12H14N4O/c13-5-7-16(8-6-14)9-12(17)10-3-1-2-4-11(10)15/h1-4,12,17H,7-9,15H2. The summed E-state index contributed by atoms with van der Waals surface area (Å²) in [5.74, 6) is 0. The Morgan fingerprint density at radius 3 is 2.35 bits per heavy atom. The van der Waals surface area contributed by atoms with Gasteiger partial charge in [-0.15, -0.1) is 0 Å². The van der Waals surface area contributed by atoms with Crippen LogP contribution >= 0.6 is 0 Å². The third-order valence-electron chi connectivity index (χ3n) is 2.37. The summed E-state index contributed by atoms with van der Waals surface area (Å²) in [6.45, 7) is 0.435. The van der Waals surface area contributed by atoms with Crippen LogP contribution in [-0.2, 0) is 0 Å². The normalized spacial score (nSPS) is 11.8. The third-order valence-corrected chi connectivity index (χ3v) is 2.37. The number of nitriles is 2. The molecule has 0 radical (unpaired) electrons. The van der Waals surface area contributed by atoms with Gasteiger partial charge in [-0.1, -0.05) is 18.2 Å².